The second-order valence-corrected chi connectivity index (χ2v) is 23.4. The SMILES string of the molecule is C[Si](C)(CCCNC(=O)OCC1c2ccccc2-c2ccccc21)O[Si](C)(C)CSc1ncc(COCCOCCOCCCN=[N+]=[N-])cn1. The Bertz CT molecular complexity index is 1500. The highest BCUT2D eigenvalue weighted by molar-refractivity contribution is 8.00. The van der Waals surface area contributed by atoms with Gasteiger partial charge in [-0.25, -0.2) is 14.8 Å². The van der Waals surface area contributed by atoms with Gasteiger partial charge in [-0.3, -0.25) is 0 Å². The van der Waals surface area contributed by atoms with Crippen LogP contribution in [-0.4, -0.2) is 90.8 Å². The van der Waals surface area contributed by atoms with Crippen molar-refractivity contribution in [2.24, 2.45) is 5.11 Å². The van der Waals surface area contributed by atoms with E-state index in [-0.39, 0.29) is 12.0 Å². The second-order valence-electron chi connectivity index (χ2n) is 13.2. The highest BCUT2D eigenvalue weighted by Gasteiger charge is 2.33. The number of alkyl carbamates (subject to hydrolysis) is 1. The topological polar surface area (TPSA) is 150 Å². The molecule has 1 N–H and O–H groups in total. The molecule has 0 saturated heterocycles. The minimum absolute atomic E-state index is 0.0539. The van der Waals surface area contributed by atoms with E-state index in [4.69, 9.17) is 28.6 Å². The molecule has 1 aliphatic rings. The monoisotopic (exact) mass is 738 g/mol. The molecule has 2 aromatic carbocycles. The number of nitrogens with zero attached hydrogens (tertiary/aromatic N) is 5. The Balaban J connectivity index is 1.06. The maximum absolute atomic E-state index is 12.6. The average Bonchev–Trinajstić information content (AvgIpc) is 3.42. The molecule has 0 bridgehead atoms. The van der Waals surface area contributed by atoms with E-state index in [9.17, 15) is 4.79 Å². The molecular weight excluding hydrogens is 689 g/mol. The molecule has 4 rings (SSSR count). The summed E-state index contributed by atoms with van der Waals surface area (Å²) >= 11 is 1.63. The molecular formula is C35H50N6O6SSi2. The minimum atomic E-state index is -1.99. The van der Waals surface area contributed by atoms with Gasteiger partial charge in [-0.2, -0.15) is 0 Å². The fourth-order valence-electron chi connectivity index (χ4n) is 5.82. The van der Waals surface area contributed by atoms with Crippen LogP contribution in [-0.2, 0) is 29.7 Å². The summed E-state index contributed by atoms with van der Waals surface area (Å²) in [5.41, 5.74) is 14.0. The average molecular weight is 739 g/mol. The number of azide groups is 1. The molecule has 15 heteroatoms. The van der Waals surface area contributed by atoms with Gasteiger partial charge in [0.2, 0.25) is 0 Å². The normalized spacial score (nSPS) is 12.6. The van der Waals surface area contributed by atoms with Crippen molar-refractivity contribution in [3.05, 3.63) is 88.1 Å². The van der Waals surface area contributed by atoms with Gasteiger partial charge in [0.25, 0.3) is 0 Å². The number of fused-ring (bicyclic) bond motifs is 3. The lowest BCUT2D eigenvalue weighted by atomic mass is 9.98. The van der Waals surface area contributed by atoms with Gasteiger partial charge in [-0.05, 0) is 72.9 Å². The Morgan fingerprint density at radius 1 is 0.880 bits per heavy atom. The van der Waals surface area contributed by atoms with Crippen LogP contribution in [0.2, 0.25) is 32.2 Å². The third-order valence-corrected chi connectivity index (χ3v) is 17.8. The molecule has 0 radical (unpaired) electrons. The van der Waals surface area contributed by atoms with Crippen LogP contribution < -0.4 is 5.32 Å². The van der Waals surface area contributed by atoms with Crippen molar-refractivity contribution >= 4 is 34.5 Å². The Morgan fingerprint density at radius 2 is 1.50 bits per heavy atom. The zero-order chi connectivity index (χ0) is 35.7. The number of ether oxygens (including phenoxy) is 4. The van der Waals surface area contributed by atoms with E-state index in [1.54, 1.807) is 24.2 Å². The number of amides is 1. The smallest absolute Gasteiger partial charge is 0.407 e. The van der Waals surface area contributed by atoms with Crippen molar-refractivity contribution in [2.45, 2.75) is 62.8 Å². The number of hydrogen-bond donors (Lipinski definition) is 1. The van der Waals surface area contributed by atoms with Crippen molar-refractivity contribution in [3.63, 3.8) is 0 Å². The summed E-state index contributed by atoms with van der Waals surface area (Å²) < 4.78 is 29.1. The van der Waals surface area contributed by atoms with Gasteiger partial charge in [0.05, 0.1) is 33.0 Å². The zero-order valence-corrected chi connectivity index (χ0v) is 32.5. The zero-order valence-electron chi connectivity index (χ0n) is 29.6. The lowest BCUT2D eigenvalue weighted by molar-refractivity contribution is 0.0104. The molecule has 1 aliphatic carbocycles. The van der Waals surface area contributed by atoms with Crippen molar-refractivity contribution < 1.29 is 27.9 Å². The molecule has 0 atom stereocenters. The number of aromatic nitrogens is 2. The van der Waals surface area contributed by atoms with Crippen LogP contribution in [0.3, 0.4) is 0 Å². The van der Waals surface area contributed by atoms with E-state index < -0.39 is 16.6 Å². The van der Waals surface area contributed by atoms with E-state index in [2.05, 4.69) is 87.9 Å². The number of rotatable bonds is 23. The molecule has 0 spiro atoms. The fourth-order valence-corrected chi connectivity index (χ4v) is 16.2. The fraction of sp³-hybridized carbons (Fsp3) is 0.514. The summed E-state index contributed by atoms with van der Waals surface area (Å²) in [6.07, 6.45) is 4.78. The molecule has 1 aromatic heterocycles. The third-order valence-electron chi connectivity index (χ3n) is 7.97. The predicted octanol–water partition coefficient (Wildman–Crippen LogP) is 7.71. The number of hydrogen-bond acceptors (Lipinski definition) is 10. The van der Waals surface area contributed by atoms with Gasteiger partial charge in [0.1, 0.15) is 6.61 Å². The van der Waals surface area contributed by atoms with E-state index >= 15 is 0 Å². The van der Waals surface area contributed by atoms with Crippen molar-refractivity contribution in [1.82, 2.24) is 15.3 Å². The summed E-state index contributed by atoms with van der Waals surface area (Å²) in [7, 11) is -3.93. The van der Waals surface area contributed by atoms with Crippen LogP contribution in [0.1, 0.15) is 35.4 Å². The molecule has 270 valence electrons. The quantitative estimate of drug-likeness (QED) is 0.0196. The van der Waals surface area contributed by atoms with Crippen LogP contribution in [0, 0.1) is 0 Å². The Kier molecular flexibility index (Phi) is 16.2. The first-order valence-electron chi connectivity index (χ1n) is 17.1. The van der Waals surface area contributed by atoms with Crippen LogP contribution in [0.15, 0.2) is 71.2 Å². The van der Waals surface area contributed by atoms with E-state index in [1.165, 1.54) is 22.3 Å². The highest BCUT2D eigenvalue weighted by Crippen LogP contribution is 2.44. The van der Waals surface area contributed by atoms with Crippen molar-refractivity contribution in [3.8, 4) is 11.1 Å². The van der Waals surface area contributed by atoms with Crippen LogP contribution in [0.5, 0.6) is 0 Å². The first-order chi connectivity index (χ1) is 24.2. The maximum atomic E-state index is 12.6. The van der Waals surface area contributed by atoms with Gasteiger partial charge >= 0.3 is 6.09 Å². The summed E-state index contributed by atoms with van der Waals surface area (Å²) in [6, 6.07) is 17.6. The highest BCUT2D eigenvalue weighted by atomic mass is 32.2. The van der Waals surface area contributed by atoms with Gasteiger partial charge < -0.3 is 28.4 Å². The maximum Gasteiger partial charge on any atom is 0.407 e. The number of thioether (sulfide) groups is 1. The first-order valence-corrected chi connectivity index (χ1v) is 24.4. The number of benzene rings is 2. The van der Waals surface area contributed by atoms with E-state index in [0.717, 1.165) is 28.6 Å². The lowest BCUT2D eigenvalue weighted by Gasteiger charge is -2.33. The van der Waals surface area contributed by atoms with Crippen LogP contribution >= 0.6 is 11.8 Å². The Morgan fingerprint density at radius 3 is 2.16 bits per heavy atom. The van der Waals surface area contributed by atoms with Crippen molar-refractivity contribution in [1.29, 1.82) is 0 Å². The summed E-state index contributed by atoms with van der Waals surface area (Å²) in [6.45, 7) is 13.2. The molecule has 0 saturated carbocycles. The van der Waals surface area contributed by atoms with Gasteiger partial charge in [0, 0.05) is 53.9 Å². The van der Waals surface area contributed by atoms with Gasteiger partial charge in [-0.15, -0.1) is 0 Å². The van der Waals surface area contributed by atoms with Crippen molar-refractivity contribution in [2.75, 3.05) is 58.1 Å². The lowest BCUT2D eigenvalue weighted by Crippen LogP contribution is -2.46. The first kappa shape index (κ1) is 39.5. The molecule has 50 heavy (non-hydrogen) atoms. The molecule has 1 amide bonds. The molecule has 0 aliphatic heterocycles. The number of carbonyl (C=O) groups is 1. The molecule has 0 unspecified atom stereocenters. The van der Waals surface area contributed by atoms with Gasteiger partial charge in [0.15, 0.2) is 21.8 Å². The van der Waals surface area contributed by atoms with Gasteiger partial charge in [-0.1, -0.05) is 65.4 Å². The summed E-state index contributed by atoms with van der Waals surface area (Å²) in [5, 5.41) is 7.98. The van der Waals surface area contributed by atoms with E-state index in [0.29, 0.717) is 65.8 Å². The predicted molar refractivity (Wildman–Crippen MR) is 201 cm³/mol. The standard InChI is InChI=1S/C35H50N6O6SSi2/c1-49(2,22-10-15-37-35(42)46-26-33-31-13-7-5-11-29(31)30-12-6-8-14-32(30)33)47-50(3,4)27-48-34-38-23-28(24-39-34)25-45-21-20-44-19-18-43-17-9-16-40-41-36/h5-8,11-14,23-24,33H,9-10,15-22,25-27H2,1-4H3,(H,37,42). The van der Waals surface area contributed by atoms with Crippen LogP contribution in [0.4, 0.5) is 4.79 Å². The summed E-state index contributed by atoms with van der Waals surface area (Å²) in [5.74, 6) is 0.0539. The van der Waals surface area contributed by atoms with E-state index in [1.807, 2.05) is 12.1 Å². The number of nitrogens with one attached hydrogen (secondary N) is 1. The third kappa shape index (κ3) is 13.5. The Hall–Kier alpha value is -3.28. The largest absolute Gasteiger partial charge is 0.455 e. The Labute approximate surface area is 301 Å². The minimum Gasteiger partial charge on any atom is -0.455 e. The second kappa shape index (κ2) is 20.5. The molecule has 3 aromatic rings. The summed E-state index contributed by atoms with van der Waals surface area (Å²) in [4.78, 5) is 24.3. The number of carbonyl (C=O) groups excluding carboxylic acids is 1. The molecule has 12 nitrogen and oxygen atoms in total. The molecule has 0 fully saturated rings. The molecule has 1 heterocycles. The van der Waals surface area contributed by atoms with Crippen LogP contribution in [0.25, 0.3) is 21.6 Å².